The summed E-state index contributed by atoms with van der Waals surface area (Å²) in [5.41, 5.74) is 0.825. The molecule has 2 heterocycles. The highest BCUT2D eigenvalue weighted by atomic mass is 16.5. The van der Waals surface area contributed by atoms with Crippen LogP contribution in [0.2, 0.25) is 0 Å². The van der Waals surface area contributed by atoms with E-state index in [9.17, 15) is 14.4 Å². The number of aromatic nitrogens is 2. The standard InChI is InChI=1S/C20H20N4O4/c25-16(10-11-24-19(26)14-8-4-5-9-15(14)20(24)27)21-12-17-22-18(23-28-17)13-6-2-1-3-7-13/h1-7,14-15H,8-12H2,(H,21,25)/t14-,15-/m1/s1. The Morgan fingerprint density at radius 1 is 1.11 bits per heavy atom. The number of carbonyl (C=O) groups excluding carboxylic acids is 3. The van der Waals surface area contributed by atoms with Gasteiger partial charge in [0.15, 0.2) is 0 Å². The number of hydrogen-bond donors (Lipinski definition) is 1. The molecule has 0 saturated carbocycles. The summed E-state index contributed by atoms with van der Waals surface area (Å²) in [5.74, 6) is -0.418. The van der Waals surface area contributed by atoms with Crippen molar-refractivity contribution in [2.75, 3.05) is 6.54 Å². The maximum absolute atomic E-state index is 12.4. The van der Waals surface area contributed by atoms with Crippen molar-refractivity contribution in [1.82, 2.24) is 20.4 Å². The Bertz CT molecular complexity index is 895. The van der Waals surface area contributed by atoms with Crippen LogP contribution in [-0.4, -0.2) is 39.3 Å². The summed E-state index contributed by atoms with van der Waals surface area (Å²) < 4.78 is 5.14. The number of hydrogen-bond acceptors (Lipinski definition) is 6. The van der Waals surface area contributed by atoms with Crippen molar-refractivity contribution in [3.05, 3.63) is 48.4 Å². The van der Waals surface area contributed by atoms with Gasteiger partial charge in [0.1, 0.15) is 0 Å². The van der Waals surface area contributed by atoms with Gasteiger partial charge in [-0.3, -0.25) is 19.3 Å². The zero-order chi connectivity index (χ0) is 19.5. The number of amides is 3. The molecule has 1 aromatic carbocycles. The summed E-state index contributed by atoms with van der Waals surface area (Å²) in [7, 11) is 0. The summed E-state index contributed by atoms with van der Waals surface area (Å²) >= 11 is 0. The second kappa shape index (κ2) is 7.75. The first-order chi connectivity index (χ1) is 13.6. The van der Waals surface area contributed by atoms with E-state index in [0.29, 0.717) is 18.7 Å². The van der Waals surface area contributed by atoms with Crippen molar-refractivity contribution in [3.63, 3.8) is 0 Å². The number of fused-ring (bicyclic) bond motifs is 1. The van der Waals surface area contributed by atoms with Crippen molar-refractivity contribution in [2.45, 2.75) is 25.8 Å². The molecule has 4 rings (SSSR count). The minimum atomic E-state index is -0.284. The Labute approximate surface area is 161 Å². The molecule has 1 saturated heterocycles. The van der Waals surface area contributed by atoms with Crippen molar-refractivity contribution >= 4 is 17.7 Å². The fourth-order valence-electron chi connectivity index (χ4n) is 3.60. The quantitative estimate of drug-likeness (QED) is 0.604. The van der Waals surface area contributed by atoms with Gasteiger partial charge in [-0.25, -0.2) is 0 Å². The highest BCUT2D eigenvalue weighted by Crippen LogP contribution is 2.34. The largest absolute Gasteiger partial charge is 0.347 e. The number of imide groups is 1. The molecule has 0 unspecified atom stereocenters. The molecular weight excluding hydrogens is 360 g/mol. The van der Waals surface area contributed by atoms with Gasteiger partial charge in [-0.2, -0.15) is 4.98 Å². The van der Waals surface area contributed by atoms with Crippen molar-refractivity contribution in [3.8, 4) is 11.4 Å². The van der Waals surface area contributed by atoms with E-state index in [2.05, 4.69) is 15.5 Å². The lowest BCUT2D eigenvalue weighted by Gasteiger charge is -2.14. The highest BCUT2D eigenvalue weighted by molar-refractivity contribution is 6.05. The van der Waals surface area contributed by atoms with Gasteiger partial charge < -0.3 is 9.84 Å². The van der Waals surface area contributed by atoms with E-state index in [1.807, 2.05) is 42.5 Å². The number of nitrogens with one attached hydrogen (secondary N) is 1. The van der Waals surface area contributed by atoms with Crippen molar-refractivity contribution < 1.29 is 18.9 Å². The molecule has 1 aliphatic heterocycles. The van der Waals surface area contributed by atoms with Gasteiger partial charge in [-0.15, -0.1) is 0 Å². The van der Waals surface area contributed by atoms with E-state index in [1.54, 1.807) is 0 Å². The molecule has 1 aromatic heterocycles. The average molecular weight is 380 g/mol. The van der Waals surface area contributed by atoms with Crippen LogP contribution in [0.4, 0.5) is 0 Å². The summed E-state index contributed by atoms with van der Waals surface area (Å²) in [6, 6.07) is 9.38. The van der Waals surface area contributed by atoms with Crippen molar-refractivity contribution in [1.29, 1.82) is 0 Å². The number of nitrogens with zero attached hydrogens (tertiary/aromatic N) is 3. The number of allylic oxidation sites excluding steroid dienone is 2. The van der Waals surface area contributed by atoms with Crippen LogP contribution in [0.1, 0.15) is 25.2 Å². The van der Waals surface area contributed by atoms with E-state index in [0.717, 1.165) is 5.56 Å². The fraction of sp³-hybridized carbons (Fsp3) is 0.350. The summed E-state index contributed by atoms with van der Waals surface area (Å²) in [4.78, 5) is 42.4. The zero-order valence-corrected chi connectivity index (χ0v) is 15.2. The third-order valence-corrected chi connectivity index (χ3v) is 5.10. The third kappa shape index (κ3) is 3.58. The van der Waals surface area contributed by atoms with Gasteiger partial charge in [-0.05, 0) is 12.8 Å². The van der Waals surface area contributed by atoms with Gasteiger partial charge in [0, 0.05) is 18.5 Å². The maximum Gasteiger partial charge on any atom is 0.246 e. The molecule has 1 aliphatic carbocycles. The molecule has 8 nitrogen and oxygen atoms in total. The lowest BCUT2D eigenvalue weighted by molar-refractivity contribution is -0.140. The summed E-state index contributed by atoms with van der Waals surface area (Å²) in [6.45, 7) is 0.186. The van der Waals surface area contributed by atoms with Crippen LogP contribution in [0.5, 0.6) is 0 Å². The first kappa shape index (κ1) is 18.1. The van der Waals surface area contributed by atoms with Gasteiger partial charge in [0.25, 0.3) is 0 Å². The van der Waals surface area contributed by atoms with Gasteiger partial charge in [-0.1, -0.05) is 47.6 Å². The Kier molecular flexibility index (Phi) is 5.01. The van der Waals surface area contributed by atoms with Gasteiger partial charge in [0.2, 0.25) is 29.4 Å². The molecule has 0 radical (unpaired) electrons. The van der Waals surface area contributed by atoms with E-state index in [1.165, 1.54) is 4.90 Å². The molecule has 2 aliphatic rings. The molecule has 1 fully saturated rings. The van der Waals surface area contributed by atoms with Crippen LogP contribution in [-0.2, 0) is 20.9 Å². The first-order valence-corrected chi connectivity index (χ1v) is 9.28. The molecule has 3 amide bonds. The first-order valence-electron chi connectivity index (χ1n) is 9.28. The molecule has 0 bridgehead atoms. The third-order valence-electron chi connectivity index (χ3n) is 5.10. The molecule has 144 valence electrons. The summed E-state index contributed by atoms with van der Waals surface area (Å²) in [6.07, 6.45) is 5.12. The van der Waals surface area contributed by atoms with Crippen LogP contribution in [0, 0.1) is 11.8 Å². The van der Waals surface area contributed by atoms with E-state index in [-0.39, 0.29) is 55.0 Å². The normalized spacial score (nSPS) is 21.1. The predicted octanol–water partition coefficient (Wildman–Crippen LogP) is 1.69. The van der Waals surface area contributed by atoms with Crippen LogP contribution in [0.3, 0.4) is 0 Å². The lowest BCUT2D eigenvalue weighted by atomic mass is 9.85. The van der Waals surface area contributed by atoms with Crippen LogP contribution in [0.25, 0.3) is 11.4 Å². The van der Waals surface area contributed by atoms with Gasteiger partial charge >= 0.3 is 0 Å². The lowest BCUT2D eigenvalue weighted by Crippen LogP contribution is -2.35. The van der Waals surface area contributed by atoms with Crippen LogP contribution >= 0.6 is 0 Å². The van der Waals surface area contributed by atoms with E-state index >= 15 is 0 Å². The number of rotatable bonds is 6. The number of benzene rings is 1. The fourth-order valence-corrected chi connectivity index (χ4v) is 3.60. The highest BCUT2D eigenvalue weighted by Gasteiger charge is 2.46. The van der Waals surface area contributed by atoms with Crippen LogP contribution < -0.4 is 5.32 Å². The topological polar surface area (TPSA) is 105 Å². The van der Waals surface area contributed by atoms with E-state index < -0.39 is 0 Å². The average Bonchev–Trinajstić information content (AvgIpc) is 3.30. The SMILES string of the molecule is O=C(CCN1C(=O)[C@@H]2CC=CC[C@H]2C1=O)NCc1nc(-c2ccccc2)no1. The van der Waals surface area contributed by atoms with Crippen molar-refractivity contribution in [2.24, 2.45) is 11.8 Å². The maximum atomic E-state index is 12.4. The smallest absolute Gasteiger partial charge is 0.246 e. The van der Waals surface area contributed by atoms with Gasteiger partial charge in [0.05, 0.1) is 18.4 Å². The Morgan fingerprint density at radius 3 is 2.46 bits per heavy atom. The minimum Gasteiger partial charge on any atom is -0.347 e. The Balaban J connectivity index is 1.27. The molecule has 8 heteroatoms. The molecule has 1 N–H and O–H groups in total. The minimum absolute atomic E-state index is 0.0457. The Hall–Kier alpha value is -3.29. The molecule has 0 spiro atoms. The molecule has 28 heavy (non-hydrogen) atoms. The Morgan fingerprint density at radius 2 is 1.79 bits per heavy atom. The predicted molar refractivity (Wildman–Crippen MR) is 98.3 cm³/mol. The summed E-state index contributed by atoms with van der Waals surface area (Å²) in [5, 5.41) is 6.58. The molecule has 2 atom stereocenters. The molecule has 2 aromatic rings. The van der Waals surface area contributed by atoms with Crippen LogP contribution in [0.15, 0.2) is 47.0 Å². The number of likely N-dealkylation sites (tertiary alicyclic amines) is 1. The second-order valence-corrected chi connectivity index (χ2v) is 6.89. The second-order valence-electron chi connectivity index (χ2n) is 6.89. The molecular formula is C20H20N4O4. The zero-order valence-electron chi connectivity index (χ0n) is 15.2. The number of carbonyl (C=O) groups is 3. The monoisotopic (exact) mass is 380 g/mol. The van der Waals surface area contributed by atoms with E-state index in [4.69, 9.17) is 4.52 Å².